The molecule has 0 atom stereocenters. The lowest BCUT2D eigenvalue weighted by Crippen LogP contribution is -2.01. The minimum Gasteiger partial charge on any atom is -0.488 e. The standard InChI is InChI=1S/C9H10F2O2/c1-2-13-9-7(10)4-3-6(5-12)8(9)11/h3-4,12H,2,5H2,1H3. The Kier molecular flexibility index (Phi) is 3.19. The van der Waals surface area contributed by atoms with E-state index < -0.39 is 24.0 Å². The van der Waals surface area contributed by atoms with Crippen LogP contribution in [0.1, 0.15) is 12.5 Å². The van der Waals surface area contributed by atoms with E-state index >= 15 is 0 Å². The highest BCUT2D eigenvalue weighted by atomic mass is 19.1. The van der Waals surface area contributed by atoms with Crippen LogP contribution >= 0.6 is 0 Å². The molecule has 0 aliphatic rings. The van der Waals surface area contributed by atoms with E-state index in [4.69, 9.17) is 9.84 Å². The highest BCUT2D eigenvalue weighted by Gasteiger charge is 2.13. The quantitative estimate of drug-likeness (QED) is 0.784. The maximum atomic E-state index is 13.2. The van der Waals surface area contributed by atoms with E-state index in [9.17, 15) is 8.78 Å². The van der Waals surface area contributed by atoms with E-state index in [-0.39, 0.29) is 12.2 Å². The fourth-order valence-corrected chi connectivity index (χ4v) is 0.972. The summed E-state index contributed by atoms with van der Waals surface area (Å²) in [6, 6.07) is 2.26. The van der Waals surface area contributed by atoms with Crippen molar-refractivity contribution >= 4 is 0 Å². The van der Waals surface area contributed by atoms with E-state index in [0.29, 0.717) is 0 Å². The van der Waals surface area contributed by atoms with Crippen molar-refractivity contribution in [3.8, 4) is 5.75 Å². The Balaban J connectivity index is 3.13. The molecule has 2 nitrogen and oxygen atoms in total. The highest BCUT2D eigenvalue weighted by molar-refractivity contribution is 5.32. The molecular formula is C9H10F2O2. The van der Waals surface area contributed by atoms with Crippen LogP contribution in [0.2, 0.25) is 0 Å². The van der Waals surface area contributed by atoms with Crippen molar-refractivity contribution in [2.75, 3.05) is 6.61 Å². The van der Waals surface area contributed by atoms with Gasteiger partial charge in [-0.3, -0.25) is 0 Å². The summed E-state index contributed by atoms with van der Waals surface area (Å²) < 4.78 is 30.9. The van der Waals surface area contributed by atoms with Gasteiger partial charge in [0.05, 0.1) is 13.2 Å². The molecule has 0 aliphatic heterocycles. The van der Waals surface area contributed by atoms with Crippen molar-refractivity contribution in [1.82, 2.24) is 0 Å². The molecule has 0 saturated carbocycles. The molecule has 1 aromatic carbocycles. The Morgan fingerprint density at radius 1 is 1.38 bits per heavy atom. The molecule has 0 aliphatic carbocycles. The predicted octanol–water partition coefficient (Wildman–Crippen LogP) is 1.86. The molecule has 1 N–H and O–H groups in total. The molecule has 4 heteroatoms. The fourth-order valence-electron chi connectivity index (χ4n) is 0.972. The van der Waals surface area contributed by atoms with E-state index in [0.717, 1.165) is 6.07 Å². The molecule has 0 spiro atoms. The second kappa shape index (κ2) is 4.18. The molecule has 0 amide bonds. The van der Waals surface area contributed by atoms with E-state index in [2.05, 4.69) is 0 Å². The Hall–Kier alpha value is -1.16. The van der Waals surface area contributed by atoms with Crippen molar-refractivity contribution in [2.24, 2.45) is 0 Å². The number of aliphatic hydroxyl groups is 1. The lowest BCUT2D eigenvalue weighted by Gasteiger charge is -2.07. The van der Waals surface area contributed by atoms with Gasteiger partial charge in [-0.2, -0.15) is 0 Å². The van der Waals surface area contributed by atoms with Crippen LogP contribution in [-0.2, 0) is 6.61 Å². The first-order chi connectivity index (χ1) is 6.20. The zero-order valence-electron chi connectivity index (χ0n) is 7.18. The summed E-state index contributed by atoms with van der Waals surface area (Å²) >= 11 is 0. The molecule has 72 valence electrons. The molecule has 0 bridgehead atoms. The lowest BCUT2D eigenvalue weighted by atomic mass is 10.2. The van der Waals surface area contributed by atoms with Gasteiger partial charge < -0.3 is 9.84 Å². The van der Waals surface area contributed by atoms with Crippen molar-refractivity contribution in [2.45, 2.75) is 13.5 Å². The molecule has 1 rings (SSSR count). The van der Waals surface area contributed by atoms with Crippen LogP contribution in [0, 0.1) is 11.6 Å². The van der Waals surface area contributed by atoms with Crippen molar-refractivity contribution < 1.29 is 18.6 Å². The summed E-state index contributed by atoms with van der Waals surface area (Å²) in [7, 11) is 0. The molecule has 0 aromatic heterocycles. The summed E-state index contributed by atoms with van der Waals surface area (Å²) in [5, 5.41) is 8.68. The van der Waals surface area contributed by atoms with Gasteiger partial charge in [-0.25, -0.2) is 8.78 Å². The molecular weight excluding hydrogens is 178 g/mol. The first-order valence-corrected chi connectivity index (χ1v) is 3.91. The van der Waals surface area contributed by atoms with Gasteiger partial charge in [0.25, 0.3) is 0 Å². The third kappa shape index (κ3) is 1.95. The van der Waals surface area contributed by atoms with Crippen LogP contribution in [0.5, 0.6) is 5.75 Å². The smallest absolute Gasteiger partial charge is 0.191 e. The minimum atomic E-state index is -0.829. The van der Waals surface area contributed by atoms with Gasteiger partial charge in [0, 0.05) is 5.56 Å². The Morgan fingerprint density at radius 2 is 2.08 bits per heavy atom. The van der Waals surface area contributed by atoms with E-state index in [1.165, 1.54) is 6.07 Å². The fraction of sp³-hybridized carbons (Fsp3) is 0.333. The second-order valence-electron chi connectivity index (χ2n) is 2.44. The topological polar surface area (TPSA) is 29.5 Å². The maximum absolute atomic E-state index is 13.2. The van der Waals surface area contributed by atoms with Gasteiger partial charge in [0.15, 0.2) is 17.4 Å². The summed E-state index contributed by atoms with van der Waals surface area (Å²) in [5.74, 6) is -2.00. The molecule has 0 heterocycles. The first-order valence-electron chi connectivity index (χ1n) is 3.91. The van der Waals surface area contributed by atoms with Crippen LogP contribution in [0.4, 0.5) is 8.78 Å². The second-order valence-corrected chi connectivity index (χ2v) is 2.44. The van der Waals surface area contributed by atoms with Gasteiger partial charge in [-0.05, 0) is 13.0 Å². The predicted molar refractivity (Wildman–Crippen MR) is 43.4 cm³/mol. The van der Waals surface area contributed by atoms with Crippen LogP contribution in [0.15, 0.2) is 12.1 Å². The highest BCUT2D eigenvalue weighted by Crippen LogP contribution is 2.24. The third-order valence-electron chi connectivity index (χ3n) is 1.59. The molecule has 0 radical (unpaired) electrons. The monoisotopic (exact) mass is 188 g/mol. The number of aliphatic hydroxyl groups excluding tert-OH is 1. The number of hydrogen-bond acceptors (Lipinski definition) is 2. The van der Waals surface area contributed by atoms with Crippen molar-refractivity contribution in [3.63, 3.8) is 0 Å². The van der Waals surface area contributed by atoms with Gasteiger partial charge in [0.1, 0.15) is 0 Å². The van der Waals surface area contributed by atoms with Gasteiger partial charge >= 0.3 is 0 Å². The normalized spacial score (nSPS) is 10.2. The molecule has 0 saturated heterocycles. The first kappa shape index (κ1) is 9.92. The average molecular weight is 188 g/mol. The van der Waals surface area contributed by atoms with Gasteiger partial charge in [0.2, 0.25) is 0 Å². The molecule has 1 aromatic rings. The number of rotatable bonds is 3. The zero-order valence-corrected chi connectivity index (χ0v) is 7.18. The van der Waals surface area contributed by atoms with E-state index in [1.54, 1.807) is 6.92 Å². The van der Waals surface area contributed by atoms with Crippen molar-refractivity contribution in [1.29, 1.82) is 0 Å². The Labute approximate surface area is 74.8 Å². The van der Waals surface area contributed by atoms with Crippen molar-refractivity contribution in [3.05, 3.63) is 29.3 Å². The number of halogens is 2. The summed E-state index contributed by atoms with van der Waals surface area (Å²) in [5.41, 5.74) is 0.0323. The molecule has 0 unspecified atom stereocenters. The van der Waals surface area contributed by atoms with Crippen LogP contribution in [-0.4, -0.2) is 11.7 Å². The zero-order chi connectivity index (χ0) is 9.84. The van der Waals surface area contributed by atoms with Crippen LogP contribution in [0.25, 0.3) is 0 Å². The van der Waals surface area contributed by atoms with Gasteiger partial charge in [-0.1, -0.05) is 6.07 Å². The Bertz CT molecular complexity index is 300. The average Bonchev–Trinajstić information content (AvgIpc) is 2.12. The number of hydrogen-bond donors (Lipinski definition) is 1. The molecule has 13 heavy (non-hydrogen) atoms. The van der Waals surface area contributed by atoms with Crippen LogP contribution in [0.3, 0.4) is 0 Å². The summed E-state index contributed by atoms with van der Waals surface area (Å²) in [6.07, 6.45) is 0. The summed E-state index contributed by atoms with van der Waals surface area (Å²) in [4.78, 5) is 0. The number of ether oxygens (including phenoxy) is 1. The van der Waals surface area contributed by atoms with Crippen LogP contribution < -0.4 is 4.74 Å². The lowest BCUT2D eigenvalue weighted by molar-refractivity contribution is 0.265. The number of benzene rings is 1. The van der Waals surface area contributed by atoms with Gasteiger partial charge in [-0.15, -0.1) is 0 Å². The minimum absolute atomic E-state index is 0.0323. The third-order valence-corrected chi connectivity index (χ3v) is 1.59. The van der Waals surface area contributed by atoms with E-state index in [1.807, 2.05) is 0 Å². The SMILES string of the molecule is CCOc1c(F)ccc(CO)c1F. The largest absolute Gasteiger partial charge is 0.488 e. The maximum Gasteiger partial charge on any atom is 0.191 e. The molecule has 0 fully saturated rings. The summed E-state index contributed by atoms with van der Waals surface area (Å²) in [6.45, 7) is 1.35. The Morgan fingerprint density at radius 3 is 2.62 bits per heavy atom.